The number of carbonyl (C=O) groups excluding carboxylic acids is 4. The second-order valence-electron chi connectivity index (χ2n) is 16.6. The van der Waals surface area contributed by atoms with E-state index in [-0.39, 0.29) is 42.0 Å². The molecule has 1 saturated heterocycles. The quantitative estimate of drug-likeness (QED) is 0.0528. The van der Waals surface area contributed by atoms with Gasteiger partial charge in [0.05, 0.1) is 41.1 Å². The molecule has 1 aliphatic heterocycles. The van der Waals surface area contributed by atoms with Gasteiger partial charge in [0.25, 0.3) is 11.8 Å². The summed E-state index contributed by atoms with van der Waals surface area (Å²) in [5, 5.41) is 11.2. The number of aromatic nitrogens is 7. The van der Waals surface area contributed by atoms with Gasteiger partial charge in [0, 0.05) is 69.2 Å². The van der Waals surface area contributed by atoms with Crippen LogP contribution >= 0.6 is 11.3 Å². The van der Waals surface area contributed by atoms with E-state index in [1.165, 1.54) is 24.5 Å². The van der Waals surface area contributed by atoms with Crippen LogP contribution in [-0.4, -0.2) is 114 Å². The summed E-state index contributed by atoms with van der Waals surface area (Å²) in [6, 6.07) is 7.98. The number of hydrogen-bond acceptors (Lipinski definition) is 13. The van der Waals surface area contributed by atoms with Crippen LogP contribution in [0.5, 0.6) is 11.5 Å². The number of nitrogens with zero attached hydrogens (tertiary/aromatic N) is 9. The molecular formula is C47H59N13O6S. The Balaban J connectivity index is 1.21. The smallest absolute Gasteiger partial charge is 0.276 e. The second kappa shape index (κ2) is 20.6. The molecule has 6 N–H and O–H groups in total. The van der Waals surface area contributed by atoms with Gasteiger partial charge in [0.15, 0.2) is 0 Å². The minimum Gasteiger partial charge on any atom is -0.494 e. The number of nitrogens with two attached hydrogens (primary N) is 2. The van der Waals surface area contributed by atoms with Gasteiger partial charge in [-0.15, -0.1) is 11.3 Å². The lowest BCUT2D eigenvalue weighted by atomic mass is 10.1. The third kappa shape index (κ3) is 10.5. The lowest BCUT2D eigenvalue weighted by molar-refractivity contribution is 0.0991. The molecule has 67 heavy (non-hydrogen) atoms. The Morgan fingerprint density at radius 1 is 0.836 bits per heavy atom. The van der Waals surface area contributed by atoms with Crippen molar-refractivity contribution in [2.75, 3.05) is 57.1 Å². The molecular weight excluding hydrogens is 875 g/mol. The molecule has 0 radical (unpaired) electrons. The van der Waals surface area contributed by atoms with Gasteiger partial charge < -0.3 is 35.0 Å². The fourth-order valence-electron chi connectivity index (χ4n) is 8.19. The summed E-state index contributed by atoms with van der Waals surface area (Å²) in [7, 11) is 1.48. The number of benzene rings is 2. The summed E-state index contributed by atoms with van der Waals surface area (Å²) >= 11 is 1.29. The molecule has 1 fully saturated rings. The predicted octanol–water partition coefficient (Wildman–Crippen LogP) is 5.76. The molecule has 5 heterocycles. The number of amides is 4. The van der Waals surface area contributed by atoms with Gasteiger partial charge in [-0.2, -0.15) is 5.10 Å². The number of nitrogens with one attached hydrogen (secondary N) is 2. The van der Waals surface area contributed by atoms with Crippen molar-refractivity contribution in [1.82, 2.24) is 43.7 Å². The number of anilines is 2. The lowest BCUT2D eigenvalue weighted by Crippen LogP contribution is -2.46. The number of ether oxygens (including phenoxy) is 2. The number of primary amides is 2. The number of fused-ring (bicyclic) bond motifs is 2. The number of carbonyl (C=O) groups is 4. The van der Waals surface area contributed by atoms with Gasteiger partial charge >= 0.3 is 0 Å². The Bertz CT molecular complexity index is 2880. The summed E-state index contributed by atoms with van der Waals surface area (Å²) in [6.07, 6.45) is 5.03. The van der Waals surface area contributed by atoms with Gasteiger partial charge in [-0.3, -0.25) is 39.4 Å². The van der Waals surface area contributed by atoms with E-state index in [0.717, 1.165) is 49.8 Å². The van der Waals surface area contributed by atoms with E-state index < -0.39 is 17.7 Å². The van der Waals surface area contributed by atoms with Crippen LogP contribution in [0.1, 0.15) is 91.4 Å². The Morgan fingerprint density at radius 2 is 1.42 bits per heavy atom. The van der Waals surface area contributed by atoms with E-state index in [9.17, 15) is 19.2 Å². The number of imidazole rings is 2. The maximum atomic E-state index is 13.9. The van der Waals surface area contributed by atoms with Crippen molar-refractivity contribution in [3.63, 3.8) is 0 Å². The number of rotatable bonds is 20. The normalized spacial score (nSPS) is 13.3. The van der Waals surface area contributed by atoms with Crippen molar-refractivity contribution in [2.45, 2.75) is 74.0 Å². The zero-order valence-corrected chi connectivity index (χ0v) is 40.0. The maximum Gasteiger partial charge on any atom is 0.276 e. The van der Waals surface area contributed by atoms with Gasteiger partial charge in [-0.1, -0.05) is 39.5 Å². The zero-order valence-electron chi connectivity index (χ0n) is 39.1. The Kier molecular flexibility index (Phi) is 14.7. The number of hydrogen-bond donors (Lipinski definition) is 4. The molecule has 0 bridgehead atoms. The number of thiazole rings is 1. The monoisotopic (exact) mass is 933 g/mol. The first-order valence-electron chi connectivity index (χ1n) is 22.4. The first-order valence-corrected chi connectivity index (χ1v) is 23.2. The van der Waals surface area contributed by atoms with Crippen molar-refractivity contribution >= 4 is 68.9 Å². The van der Waals surface area contributed by atoms with Crippen LogP contribution in [0.2, 0.25) is 0 Å². The van der Waals surface area contributed by atoms with Crippen LogP contribution in [0.3, 0.4) is 0 Å². The maximum absolute atomic E-state index is 13.9. The highest BCUT2D eigenvalue weighted by Crippen LogP contribution is 2.33. The molecule has 6 aromatic rings. The average molecular weight is 934 g/mol. The predicted molar refractivity (Wildman–Crippen MR) is 259 cm³/mol. The number of piperazine rings is 1. The molecule has 1 aliphatic rings. The summed E-state index contributed by atoms with van der Waals surface area (Å²) in [5.41, 5.74) is 16.6. The summed E-state index contributed by atoms with van der Waals surface area (Å²) in [4.78, 5) is 71.9. The number of allylic oxidation sites excluding steroid dienone is 3. The molecule has 0 aliphatic carbocycles. The van der Waals surface area contributed by atoms with E-state index in [0.29, 0.717) is 81.0 Å². The largest absolute Gasteiger partial charge is 0.494 e. The van der Waals surface area contributed by atoms with Gasteiger partial charge in [-0.05, 0) is 69.9 Å². The van der Waals surface area contributed by atoms with Crippen molar-refractivity contribution < 1.29 is 28.7 Å². The minimum atomic E-state index is -0.661. The lowest BCUT2D eigenvalue weighted by Gasteiger charge is -2.38. The topological polar surface area (TPSA) is 236 Å². The zero-order chi connectivity index (χ0) is 48.1. The summed E-state index contributed by atoms with van der Waals surface area (Å²) in [6.45, 7) is 21.8. The molecule has 0 unspecified atom stereocenters. The third-order valence-corrected chi connectivity index (χ3v) is 12.7. The van der Waals surface area contributed by atoms with Crippen LogP contribution < -0.4 is 31.6 Å². The van der Waals surface area contributed by atoms with E-state index in [1.807, 2.05) is 39.8 Å². The van der Waals surface area contributed by atoms with Crippen molar-refractivity contribution in [2.24, 2.45) is 17.4 Å². The van der Waals surface area contributed by atoms with Crippen LogP contribution in [0, 0.1) is 19.8 Å². The van der Waals surface area contributed by atoms with Gasteiger partial charge in [0.2, 0.25) is 23.7 Å². The highest BCUT2D eigenvalue weighted by molar-refractivity contribution is 7.13. The van der Waals surface area contributed by atoms with Gasteiger partial charge in [0.1, 0.15) is 33.1 Å². The van der Waals surface area contributed by atoms with E-state index in [1.54, 1.807) is 38.1 Å². The number of methoxy groups -OCH3 is 1. The van der Waals surface area contributed by atoms with Crippen LogP contribution in [0.15, 0.2) is 54.8 Å². The average Bonchev–Trinajstić information content (AvgIpc) is 4.07. The molecule has 20 heteroatoms. The SMILES string of the molecule is C=C(C(C)C)N1CCN(CCCOc2cc(C(N)=O)cc3nc(NC(=O)c4cc(C)nn4CC)n(C/C=C/Cn4c(NC(=O)c5sc(C)nc5CC)nc5cc(C(N)=O)cc(OC)c54)c23)CC1. The van der Waals surface area contributed by atoms with Crippen molar-refractivity contribution in [1.29, 1.82) is 0 Å². The first-order chi connectivity index (χ1) is 32.1. The fraction of sp³-hybridized carbons (Fsp3) is 0.404. The molecule has 0 spiro atoms. The highest BCUT2D eigenvalue weighted by atomic mass is 32.1. The van der Waals surface area contributed by atoms with Crippen LogP contribution in [0.4, 0.5) is 11.9 Å². The first kappa shape index (κ1) is 47.9. The minimum absolute atomic E-state index is 0.174. The molecule has 2 aromatic carbocycles. The second-order valence-corrected chi connectivity index (χ2v) is 17.8. The third-order valence-electron chi connectivity index (χ3n) is 11.7. The van der Waals surface area contributed by atoms with Crippen molar-refractivity contribution in [3.05, 3.63) is 92.9 Å². The molecule has 19 nitrogen and oxygen atoms in total. The van der Waals surface area contributed by atoms with E-state index >= 15 is 0 Å². The highest BCUT2D eigenvalue weighted by Gasteiger charge is 2.25. The Morgan fingerprint density at radius 3 is 1.97 bits per heavy atom. The van der Waals surface area contributed by atoms with Crippen molar-refractivity contribution in [3.8, 4) is 11.5 Å². The standard InChI is InChI=1S/C47H59N13O6S/c1-9-33-41(67-30(7)50-33)45(64)54-47-51-34-23-31(42(48)61)25-37(65-8)39(34)58(47)15-11-12-16-59-40-35(52-46(59)53-44(63)36-22-28(5)55-60(36)10-2)24-32(43(49)62)26-38(40)66-21-13-14-56-17-19-57(20-18-56)29(6)27(3)4/h11-12,22-27H,6,9-10,13-21H2,1-5,7-8H3,(H2,48,61)(H2,49,62)(H,51,54,64)(H,52,53,63)/b12-11+. The molecule has 4 aromatic heterocycles. The van der Waals surface area contributed by atoms with E-state index in [2.05, 4.69) is 50.9 Å². The molecule has 0 atom stereocenters. The van der Waals surface area contributed by atoms with Gasteiger partial charge in [-0.25, -0.2) is 15.0 Å². The summed E-state index contributed by atoms with van der Waals surface area (Å²) in [5.74, 6) is -0.596. The molecule has 4 amide bonds. The molecule has 7 rings (SSSR count). The molecule has 354 valence electrons. The fourth-order valence-corrected chi connectivity index (χ4v) is 9.09. The van der Waals surface area contributed by atoms with Crippen LogP contribution in [-0.2, 0) is 26.1 Å². The molecule has 0 saturated carbocycles. The van der Waals surface area contributed by atoms with Crippen LogP contribution in [0.25, 0.3) is 22.1 Å². The Hall–Kier alpha value is -7.06. The van der Waals surface area contributed by atoms with E-state index in [4.69, 9.17) is 30.9 Å². The number of aryl methyl sites for hydroxylation is 4. The summed E-state index contributed by atoms with van der Waals surface area (Å²) < 4.78 is 17.4. The Labute approximate surface area is 392 Å².